The first-order chi connectivity index (χ1) is 12.5. The molecule has 4 atom stereocenters. The maximum absolute atomic E-state index is 13.7. The highest BCUT2D eigenvalue weighted by Crippen LogP contribution is 2.24. The Morgan fingerprint density at radius 3 is 2.59 bits per heavy atom. The van der Waals surface area contributed by atoms with Gasteiger partial charge < -0.3 is 15.5 Å². The van der Waals surface area contributed by atoms with Crippen LogP contribution in [0.25, 0.3) is 0 Å². The summed E-state index contributed by atoms with van der Waals surface area (Å²) in [6.07, 6.45) is -5.69. The van der Waals surface area contributed by atoms with Crippen molar-refractivity contribution in [3.63, 3.8) is 0 Å². The van der Waals surface area contributed by atoms with Gasteiger partial charge in [-0.05, 0) is 20.6 Å². The highest BCUT2D eigenvalue weighted by molar-refractivity contribution is 9.11. The molecule has 6 nitrogen and oxygen atoms in total. The Morgan fingerprint density at radius 1 is 1.52 bits per heavy atom. The highest BCUT2D eigenvalue weighted by Gasteiger charge is 2.42. The molecule has 0 aromatic carbocycles. The molecule has 1 rings (SSSR count). The Kier molecular flexibility index (Phi) is 8.86. The lowest BCUT2D eigenvalue weighted by Crippen LogP contribution is -2.55. The molecule has 0 aromatic heterocycles. The summed E-state index contributed by atoms with van der Waals surface area (Å²) in [5, 5.41) is 5.34. The molecule has 1 aliphatic heterocycles. The monoisotopic (exact) mass is 457 g/mol. The molecule has 1 fully saturated rings. The standard InChI is InChI=1S/C16H24BrF4N5O/c1-5-23-15(16(19,20)21)26(4)13(6-10(17)8-22-3)25-14(27)12-7-11(18)9(2)24-12/h8-9,11-13,24H,3,5-7H2,1-2,4H3,(H,25,27)/b10-8+,23-15-/t9-,11+,12-,13?/m0/s1. The third-order valence-electron chi connectivity index (χ3n) is 4.08. The van der Waals surface area contributed by atoms with Gasteiger partial charge in [-0.15, -0.1) is 0 Å². The van der Waals surface area contributed by atoms with E-state index in [-0.39, 0.29) is 19.4 Å². The summed E-state index contributed by atoms with van der Waals surface area (Å²) < 4.78 is 54.1. The van der Waals surface area contributed by atoms with Crippen molar-refractivity contribution in [2.45, 2.75) is 57.3 Å². The molecular weight excluding hydrogens is 434 g/mol. The third-order valence-corrected chi connectivity index (χ3v) is 4.60. The smallest absolute Gasteiger partial charge is 0.335 e. The molecule has 1 amide bonds. The van der Waals surface area contributed by atoms with Crippen molar-refractivity contribution in [3.05, 3.63) is 10.7 Å². The maximum Gasteiger partial charge on any atom is 0.449 e. The minimum Gasteiger partial charge on any atom is -0.335 e. The van der Waals surface area contributed by atoms with Crippen molar-refractivity contribution in [1.82, 2.24) is 15.5 Å². The zero-order valence-corrected chi connectivity index (χ0v) is 16.9. The Hall–Kier alpha value is -1.49. The minimum atomic E-state index is -4.69. The van der Waals surface area contributed by atoms with Crippen molar-refractivity contribution >= 4 is 34.4 Å². The number of amidine groups is 1. The molecule has 154 valence electrons. The summed E-state index contributed by atoms with van der Waals surface area (Å²) in [6, 6.07) is -1.32. The number of nitrogens with one attached hydrogen (secondary N) is 2. The lowest BCUT2D eigenvalue weighted by Gasteiger charge is -2.33. The first-order valence-electron chi connectivity index (χ1n) is 8.36. The maximum atomic E-state index is 13.7. The summed E-state index contributed by atoms with van der Waals surface area (Å²) >= 11 is 3.19. The van der Waals surface area contributed by atoms with Crippen molar-refractivity contribution in [2.24, 2.45) is 9.98 Å². The van der Waals surface area contributed by atoms with Gasteiger partial charge in [-0.2, -0.15) is 13.2 Å². The number of carbonyl (C=O) groups is 1. The SMILES string of the molecule is C=N/C=C(/Br)CC(NC(=O)[C@@H]1C[C@@H](F)[C@H](C)N1)N(C)/C(=N\CC)C(F)(F)F. The predicted octanol–water partition coefficient (Wildman–Crippen LogP) is 2.76. The molecule has 0 saturated carbocycles. The van der Waals surface area contributed by atoms with E-state index in [9.17, 15) is 22.4 Å². The number of amides is 1. The number of hydrogen-bond donors (Lipinski definition) is 2. The van der Waals surface area contributed by atoms with Gasteiger partial charge in [-0.3, -0.25) is 14.8 Å². The first-order valence-corrected chi connectivity index (χ1v) is 9.15. The van der Waals surface area contributed by atoms with Crippen molar-refractivity contribution in [2.75, 3.05) is 13.6 Å². The Morgan fingerprint density at radius 2 is 2.15 bits per heavy atom. The van der Waals surface area contributed by atoms with E-state index in [2.05, 4.69) is 43.3 Å². The summed E-state index contributed by atoms with van der Waals surface area (Å²) in [5.41, 5.74) is 0. The molecule has 1 aliphatic rings. The zero-order chi connectivity index (χ0) is 20.8. The molecular formula is C16H24BrF4N5O. The molecule has 1 unspecified atom stereocenters. The van der Waals surface area contributed by atoms with Gasteiger partial charge in [0.2, 0.25) is 11.7 Å². The largest absolute Gasteiger partial charge is 0.449 e. The summed E-state index contributed by atoms with van der Waals surface area (Å²) in [6.45, 7) is 6.30. The van der Waals surface area contributed by atoms with Gasteiger partial charge in [-0.25, -0.2) is 4.39 Å². The number of hydrogen-bond acceptors (Lipinski definition) is 4. The van der Waals surface area contributed by atoms with Crippen molar-refractivity contribution in [1.29, 1.82) is 0 Å². The number of halogens is 5. The Bertz CT molecular complexity index is 586. The zero-order valence-electron chi connectivity index (χ0n) is 15.4. The molecule has 1 saturated heterocycles. The van der Waals surface area contributed by atoms with Crippen LogP contribution >= 0.6 is 15.9 Å². The fraction of sp³-hybridized carbons (Fsp3) is 0.688. The lowest BCUT2D eigenvalue weighted by molar-refractivity contribution is -0.124. The number of aliphatic imine (C=N–C) groups is 2. The van der Waals surface area contributed by atoms with Gasteiger partial charge in [0.25, 0.3) is 0 Å². The van der Waals surface area contributed by atoms with Gasteiger partial charge in [0.1, 0.15) is 12.3 Å². The van der Waals surface area contributed by atoms with Gasteiger partial charge in [0, 0.05) is 43.2 Å². The van der Waals surface area contributed by atoms with E-state index in [1.165, 1.54) is 20.2 Å². The van der Waals surface area contributed by atoms with Crippen molar-refractivity contribution < 1.29 is 22.4 Å². The van der Waals surface area contributed by atoms with E-state index in [4.69, 9.17) is 0 Å². The Labute approximate surface area is 164 Å². The minimum absolute atomic E-state index is 0.0125. The lowest BCUT2D eigenvalue weighted by atomic mass is 10.1. The molecule has 1 heterocycles. The van der Waals surface area contributed by atoms with Crippen LogP contribution in [0.1, 0.15) is 26.7 Å². The number of rotatable bonds is 7. The quantitative estimate of drug-likeness (QED) is 0.267. The molecule has 27 heavy (non-hydrogen) atoms. The molecule has 0 aromatic rings. The van der Waals surface area contributed by atoms with Crippen LogP contribution < -0.4 is 10.6 Å². The van der Waals surface area contributed by atoms with E-state index in [0.29, 0.717) is 4.48 Å². The Balaban J connectivity index is 3.05. The van der Waals surface area contributed by atoms with Crippen molar-refractivity contribution in [3.8, 4) is 0 Å². The fourth-order valence-electron chi connectivity index (χ4n) is 2.69. The van der Waals surface area contributed by atoms with Gasteiger partial charge in [-0.1, -0.05) is 15.9 Å². The molecule has 0 bridgehead atoms. The molecule has 0 spiro atoms. The van der Waals surface area contributed by atoms with E-state index < -0.39 is 42.3 Å². The predicted molar refractivity (Wildman–Crippen MR) is 101 cm³/mol. The van der Waals surface area contributed by atoms with Gasteiger partial charge >= 0.3 is 6.18 Å². The topological polar surface area (TPSA) is 69.1 Å². The van der Waals surface area contributed by atoms with Crippen LogP contribution in [0.5, 0.6) is 0 Å². The van der Waals surface area contributed by atoms with E-state index in [0.717, 1.165) is 4.90 Å². The molecule has 2 N–H and O–H groups in total. The second-order valence-corrected chi connectivity index (χ2v) is 7.17. The van der Waals surface area contributed by atoms with Crippen LogP contribution in [0.4, 0.5) is 17.6 Å². The first kappa shape index (κ1) is 23.5. The van der Waals surface area contributed by atoms with Gasteiger partial charge in [0.05, 0.1) is 6.04 Å². The second kappa shape index (κ2) is 10.2. The van der Waals surface area contributed by atoms with E-state index in [1.807, 2.05) is 0 Å². The summed E-state index contributed by atoms with van der Waals surface area (Å²) in [5.74, 6) is -1.69. The van der Waals surface area contributed by atoms with Crippen LogP contribution in [0.3, 0.4) is 0 Å². The summed E-state index contributed by atoms with van der Waals surface area (Å²) in [4.78, 5) is 20.4. The summed E-state index contributed by atoms with van der Waals surface area (Å²) in [7, 11) is 1.19. The van der Waals surface area contributed by atoms with Crippen LogP contribution in [0, 0.1) is 0 Å². The molecule has 0 radical (unpaired) electrons. The number of alkyl halides is 4. The third kappa shape index (κ3) is 6.87. The van der Waals surface area contributed by atoms with Crippen LogP contribution in [-0.2, 0) is 4.79 Å². The normalized spacial score (nSPS) is 25.3. The number of nitrogens with zero attached hydrogens (tertiary/aromatic N) is 3. The van der Waals surface area contributed by atoms with Gasteiger partial charge in [0.15, 0.2) is 0 Å². The molecule has 11 heteroatoms. The van der Waals surface area contributed by atoms with E-state index in [1.54, 1.807) is 6.92 Å². The van der Waals surface area contributed by atoms with Crippen LogP contribution in [0.2, 0.25) is 0 Å². The number of carbonyl (C=O) groups excluding carboxylic acids is 1. The average Bonchev–Trinajstić information content (AvgIpc) is 2.90. The average molecular weight is 458 g/mol. The van der Waals surface area contributed by atoms with Crippen LogP contribution in [0.15, 0.2) is 20.7 Å². The second-order valence-electron chi connectivity index (χ2n) is 6.15. The fourth-order valence-corrected chi connectivity index (χ4v) is 3.14. The van der Waals surface area contributed by atoms with Crippen LogP contribution in [-0.4, -0.2) is 67.6 Å². The van der Waals surface area contributed by atoms with E-state index >= 15 is 0 Å². The highest BCUT2D eigenvalue weighted by atomic mass is 79.9. The molecule has 0 aliphatic carbocycles.